The van der Waals surface area contributed by atoms with Crippen LogP contribution in [0.15, 0.2) is 29.2 Å². The summed E-state index contributed by atoms with van der Waals surface area (Å²) >= 11 is 0. The Labute approximate surface area is 119 Å². The first-order chi connectivity index (χ1) is 9.44. The second-order valence-corrected chi connectivity index (χ2v) is 7.00. The molecule has 0 radical (unpaired) electrons. The third kappa shape index (κ3) is 3.58. The van der Waals surface area contributed by atoms with Gasteiger partial charge in [0, 0.05) is 18.2 Å². The lowest BCUT2D eigenvalue weighted by Gasteiger charge is -2.08. The van der Waals surface area contributed by atoms with Crippen LogP contribution >= 0.6 is 0 Å². The van der Waals surface area contributed by atoms with E-state index in [1.165, 1.54) is 12.1 Å². The Morgan fingerprint density at radius 2 is 1.90 bits per heavy atom. The van der Waals surface area contributed by atoms with Gasteiger partial charge in [0.25, 0.3) is 0 Å². The Bertz CT molecular complexity index is 581. The number of nitrogens with one attached hydrogen (secondary N) is 2. The van der Waals surface area contributed by atoms with Gasteiger partial charge in [0.2, 0.25) is 15.9 Å². The van der Waals surface area contributed by atoms with E-state index in [0.717, 1.165) is 12.8 Å². The summed E-state index contributed by atoms with van der Waals surface area (Å²) in [6.45, 7) is 4.36. The van der Waals surface area contributed by atoms with E-state index in [-0.39, 0.29) is 16.7 Å². The van der Waals surface area contributed by atoms with Gasteiger partial charge >= 0.3 is 0 Å². The normalized spacial score (nSPS) is 21.5. The number of hydrogen-bond acceptors (Lipinski definition) is 3. The fourth-order valence-electron chi connectivity index (χ4n) is 1.96. The van der Waals surface area contributed by atoms with Crippen molar-refractivity contribution in [3.63, 3.8) is 0 Å². The van der Waals surface area contributed by atoms with Crippen LogP contribution in [0, 0.1) is 11.8 Å². The van der Waals surface area contributed by atoms with Crippen molar-refractivity contribution in [1.29, 1.82) is 0 Å². The van der Waals surface area contributed by atoms with Crippen LogP contribution in [0.3, 0.4) is 0 Å². The summed E-state index contributed by atoms with van der Waals surface area (Å²) in [4.78, 5) is 12.0. The van der Waals surface area contributed by atoms with E-state index in [4.69, 9.17) is 0 Å². The van der Waals surface area contributed by atoms with Crippen LogP contribution in [0.5, 0.6) is 0 Å². The zero-order valence-electron chi connectivity index (χ0n) is 11.7. The van der Waals surface area contributed by atoms with Crippen LogP contribution in [0.2, 0.25) is 0 Å². The highest BCUT2D eigenvalue weighted by molar-refractivity contribution is 7.89. The van der Waals surface area contributed by atoms with Crippen LogP contribution in [-0.4, -0.2) is 20.9 Å². The second-order valence-electron chi connectivity index (χ2n) is 5.23. The molecule has 2 atom stereocenters. The number of anilines is 1. The molecule has 0 heterocycles. The molecule has 2 rings (SSSR count). The average molecular weight is 296 g/mol. The van der Waals surface area contributed by atoms with Crippen LogP contribution in [0.4, 0.5) is 5.69 Å². The van der Waals surface area contributed by atoms with Crippen LogP contribution < -0.4 is 10.0 Å². The predicted octanol–water partition coefficient (Wildman–Crippen LogP) is 1.97. The zero-order valence-corrected chi connectivity index (χ0v) is 12.5. The predicted molar refractivity (Wildman–Crippen MR) is 77.8 cm³/mol. The lowest BCUT2D eigenvalue weighted by Crippen LogP contribution is -2.24. The minimum atomic E-state index is -3.44. The topological polar surface area (TPSA) is 75.3 Å². The molecule has 5 nitrogen and oxygen atoms in total. The maximum atomic E-state index is 11.9. The molecule has 0 saturated heterocycles. The molecule has 0 aromatic heterocycles. The summed E-state index contributed by atoms with van der Waals surface area (Å²) in [5, 5.41) is 2.80. The maximum Gasteiger partial charge on any atom is 0.240 e. The molecular weight excluding hydrogens is 276 g/mol. The minimum Gasteiger partial charge on any atom is -0.326 e. The van der Waals surface area contributed by atoms with Gasteiger partial charge in [0.1, 0.15) is 0 Å². The summed E-state index contributed by atoms with van der Waals surface area (Å²) in [5.74, 6) is 0.565. The van der Waals surface area contributed by atoms with E-state index in [0.29, 0.717) is 18.2 Å². The number of sulfonamides is 1. The van der Waals surface area contributed by atoms with Crippen molar-refractivity contribution in [2.75, 3.05) is 11.9 Å². The largest absolute Gasteiger partial charge is 0.326 e. The third-order valence-electron chi connectivity index (χ3n) is 3.42. The first kappa shape index (κ1) is 15.0. The van der Waals surface area contributed by atoms with Gasteiger partial charge in [-0.1, -0.05) is 13.8 Å². The van der Waals surface area contributed by atoms with Crippen LogP contribution in [-0.2, 0) is 14.8 Å². The van der Waals surface area contributed by atoms with Crippen LogP contribution in [0.25, 0.3) is 0 Å². The van der Waals surface area contributed by atoms with E-state index >= 15 is 0 Å². The number of carbonyl (C=O) groups is 1. The molecular formula is C14H20N2O3S. The first-order valence-electron chi connectivity index (χ1n) is 6.84. The van der Waals surface area contributed by atoms with E-state index in [1.54, 1.807) is 12.1 Å². The molecule has 1 aromatic carbocycles. The number of rotatable bonds is 6. The highest BCUT2D eigenvalue weighted by Crippen LogP contribution is 2.38. The van der Waals surface area contributed by atoms with Crippen molar-refractivity contribution < 1.29 is 13.2 Å². The molecule has 0 aliphatic heterocycles. The average Bonchev–Trinajstić information content (AvgIpc) is 3.14. The van der Waals surface area contributed by atoms with Gasteiger partial charge in [-0.3, -0.25) is 4.79 Å². The van der Waals surface area contributed by atoms with Crippen molar-refractivity contribution in [1.82, 2.24) is 4.72 Å². The quantitative estimate of drug-likeness (QED) is 0.842. The summed E-state index contributed by atoms with van der Waals surface area (Å²) in [6, 6.07) is 6.24. The Hall–Kier alpha value is -1.40. The molecule has 1 amide bonds. The summed E-state index contributed by atoms with van der Waals surface area (Å²) in [5.41, 5.74) is 0.628. The molecule has 1 fully saturated rings. The number of amides is 1. The van der Waals surface area contributed by atoms with Gasteiger partial charge < -0.3 is 5.32 Å². The van der Waals surface area contributed by atoms with Crippen molar-refractivity contribution in [3.05, 3.63) is 24.3 Å². The van der Waals surface area contributed by atoms with Crippen molar-refractivity contribution in [3.8, 4) is 0 Å². The maximum absolute atomic E-state index is 11.9. The Balaban J connectivity index is 2.01. The highest BCUT2D eigenvalue weighted by atomic mass is 32.2. The van der Waals surface area contributed by atoms with Gasteiger partial charge in [0.05, 0.1) is 4.90 Å². The van der Waals surface area contributed by atoms with E-state index in [2.05, 4.69) is 10.0 Å². The molecule has 1 aliphatic carbocycles. The van der Waals surface area contributed by atoms with Gasteiger partial charge in [-0.15, -0.1) is 0 Å². The fourth-order valence-corrected chi connectivity index (χ4v) is 3.09. The van der Waals surface area contributed by atoms with Crippen molar-refractivity contribution >= 4 is 21.6 Å². The standard InChI is InChI=1S/C14H20N2O3S/c1-3-8-15-20(18,19)12-6-4-11(5-7-12)16-14(17)13-9-10(13)2/h4-7,10,13,15H,3,8-9H2,1-2H3,(H,16,17)/t10-,13-/m0/s1. The molecule has 1 aliphatic rings. The molecule has 0 spiro atoms. The summed E-state index contributed by atoms with van der Waals surface area (Å²) < 4.78 is 26.3. The van der Waals surface area contributed by atoms with E-state index < -0.39 is 10.0 Å². The summed E-state index contributed by atoms with van der Waals surface area (Å²) in [6.07, 6.45) is 1.67. The van der Waals surface area contributed by atoms with E-state index in [9.17, 15) is 13.2 Å². The van der Waals surface area contributed by atoms with Gasteiger partial charge in [0.15, 0.2) is 0 Å². The monoisotopic (exact) mass is 296 g/mol. The van der Waals surface area contributed by atoms with Gasteiger partial charge in [-0.25, -0.2) is 13.1 Å². The second kappa shape index (κ2) is 5.93. The van der Waals surface area contributed by atoms with Crippen LogP contribution in [0.1, 0.15) is 26.7 Å². The smallest absolute Gasteiger partial charge is 0.240 e. The molecule has 0 bridgehead atoms. The number of hydrogen-bond donors (Lipinski definition) is 2. The Kier molecular flexibility index (Phi) is 4.45. The molecule has 2 N–H and O–H groups in total. The van der Waals surface area contributed by atoms with Gasteiger partial charge in [-0.2, -0.15) is 0 Å². The number of carbonyl (C=O) groups excluding carboxylic acids is 1. The molecule has 1 saturated carbocycles. The van der Waals surface area contributed by atoms with Gasteiger partial charge in [-0.05, 0) is 43.0 Å². The minimum absolute atomic E-state index is 0.0113. The molecule has 6 heteroatoms. The van der Waals surface area contributed by atoms with Crippen molar-refractivity contribution in [2.45, 2.75) is 31.6 Å². The zero-order chi connectivity index (χ0) is 14.8. The highest BCUT2D eigenvalue weighted by Gasteiger charge is 2.39. The number of benzene rings is 1. The SMILES string of the molecule is CCCNS(=O)(=O)c1ccc(NC(=O)[C@H]2C[C@@H]2C)cc1. The lowest BCUT2D eigenvalue weighted by atomic mass is 10.3. The molecule has 110 valence electrons. The fraction of sp³-hybridized carbons (Fsp3) is 0.500. The Morgan fingerprint density at radius 1 is 1.30 bits per heavy atom. The lowest BCUT2D eigenvalue weighted by molar-refractivity contribution is -0.117. The molecule has 0 unspecified atom stereocenters. The van der Waals surface area contributed by atoms with Crippen molar-refractivity contribution in [2.24, 2.45) is 11.8 Å². The third-order valence-corrected chi connectivity index (χ3v) is 4.90. The molecule has 20 heavy (non-hydrogen) atoms. The Morgan fingerprint density at radius 3 is 2.40 bits per heavy atom. The summed E-state index contributed by atoms with van der Waals surface area (Å²) in [7, 11) is -3.44. The first-order valence-corrected chi connectivity index (χ1v) is 8.33. The van der Waals surface area contributed by atoms with E-state index in [1.807, 2.05) is 13.8 Å². The molecule has 1 aromatic rings.